The fourth-order valence-electron chi connectivity index (χ4n) is 2.10. The summed E-state index contributed by atoms with van der Waals surface area (Å²) in [6.45, 7) is 3.19. The Bertz CT molecular complexity index is 656. The highest BCUT2D eigenvalue weighted by Gasteiger charge is 2.08. The maximum atomic E-state index is 5.86. The molecule has 0 heterocycles. The average Bonchev–Trinajstić information content (AvgIpc) is 2.47. The molecule has 0 spiro atoms. The average molecular weight is 344 g/mol. The van der Waals surface area contributed by atoms with Crippen LogP contribution in [0, 0.1) is 18.8 Å². The summed E-state index contributed by atoms with van der Waals surface area (Å²) in [7, 11) is 1.93. The fourth-order valence-corrected chi connectivity index (χ4v) is 2.72. The lowest BCUT2D eigenvalue weighted by Gasteiger charge is -2.13. The van der Waals surface area contributed by atoms with E-state index in [1.807, 2.05) is 44.3 Å². The second-order valence-corrected chi connectivity index (χ2v) is 5.61. The van der Waals surface area contributed by atoms with Gasteiger partial charge in [0.2, 0.25) is 0 Å². The summed E-state index contributed by atoms with van der Waals surface area (Å²) in [6, 6.07) is 14.1. The third-order valence-electron chi connectivity index (χ3n) is 2.98. The molecule has 2 aromatic rings. The van der Waals surface area contributed by atoms with Crippen molar-refractivity contribution in [2.75, 3.05) is 13.7 Å². The zero-order chi connectivity index (χ0) is 15.1. The SMILES string of the molecule is CNCc1cc(Br)cc(C)c1OCC#Cc1ccccc1. The van der Waals surface area contributed by atoms with Gasteiger partial charge >= 0.3 is 0 Å². The van der Waals surface area contributed by atoms with Crippen molar-refractivity contribution in [3.05, 3.63) is 63.6 Å². The van der Waals surface area contributed by atoms with Gasteiger partial charge in [0.1, 0.15) is 12.4 Å². The minimum atomic E-state index is 0.383. The Morgan fingerprint density at radius 3 is 2.67 bits per heavy atom. The van der Waals surface area contributed by atoms with Gasteiger partial charge in [0.05, 0.1) is 0 Å². The van der Waals surface area contributed by atoms with Gasteiger partial charge in [-0.1, -0.05) is 46.0 Å². The van der Waals surface area contributed by atoms with E-state index in [0.717, 1.165) is 33.5 Å². The largest absolute Gasteiger partial charge is 0.480 e. The van der Waals surface area contributed by atoms with Crippen LogP contribution < -0.4 is 10.1 Å². The predicted octanol–water partition coefficient (Wildman–Crippen LogP) is 3.91. The van der Waals surface area contributed by atoms with Crippen molar-refractivity contribution in [1.82, 2.24) is 5.32 Å². The first kappa shape index (κ1) is 15.6. The van der Waals surface area contributed by atoms with Crippen LogP contribution in [0.3, 0.4) is 0 Å². The first-order valence-corrected chi connectivity index (χ1v) is 7.60. The second kappa shape index (κ2) is 7.87. The number of hydrogen-bond donors (Lipinski definition) is 1. The van der Waals surface area contributed by atoms with Crippen molar-refractivity contribution in [2.45, 2.75) is 13.5 Å². The molecule has 2 rings (SSSR count). The summed E-state index contributed by atoms with van der Waals surface area (Å²) in [4.78, 5) is 0. The Labute approximate surface area is 134 Å². The van der Waals surface area contributed by atoms with E-state index >= 15 is 0 Å². The summed E-state index contributed by atoms with van der Waals surface area (Å²) in [6.07, 6.45) is 0. The summed E-state index contributed by atoms with van der Waals surface area (Å²) < 4.78 is 6.93. The molecule has 0 aliphatic heterocycles. The van der Waals surface area contributed by atoms with Gasteiger partial charge in [-0.3, -0.25) is 0 Å². The van der Waals surface area contributed by atoms with Crippen LogP contribution in [-0.2, 0) is 6.54 Å². The van der Waals surface area contributed by atoms with Crippen LogP contribution in [0.2, 0.25) is 0 Å². The number of hydrogen-bond acceptors (Lipinski definition) is 2. The minimum Gasteiger partial charge on any atom is -0.480 e. The molecule has 3 heteroatoms. The van der Waals surface area contributed by atoms with E-state index in [1.54, 1.807) is 0 Å². The van der Waals surface area contributed by atoms with E-state index in [1.165, 1.54) is 0 Å². The van der Waals surface area contributed by atoms with Crippen LogP contribution in [0.1, 0.15) is 16.7 Å². The summed E-state index contributed by atoms with van der Waals surface area (Å²) >= 11 is 3.52. The van der Waals surface area contributed by atoms with Crippen molar-refractivity contribution in [3.63, 3.8) is 0 Å². The van der Waals surface area contributed by atoms with Gasteiger partial charge in [-0.15, -0.1) is 0 Å². The zero-order valence-electron chi connectivity index (χ0n) is 12.2. The number of benzene rings is 2. The van der Waals surface area contributed by atoms with Crippen LogP contribution in [0.4, 0.5) is 0 Å². The van der Waals surface area contributed by atoms with E-state index in [-0.39, 0.29) is 0 Å². The summed E-state index contributed by atoms with van der Waals surface area (Å²) in [5.41, 5.74) is 3.24. The maximum absolute atomic E-state index is 5.86. The molecular weight excluding hydrogens is 326 g/mol. The molecule has 0 radical (unpaired) electrons. The van der Waals surface area contributed by atoms with Gasteiger partial charge in [-0.2, -0.15) is 0 Å². The standard InChI is InChI=1S/C18H18BrNO/c1-14-11-17(19)12-16(13-20-2)18(14)21-10-6-9-15-7-4-3-5-8-15/h3-5,7-8,11-12,20H,10,13H2,1-2H3. The molecule has 21 heavy (non-hydrogen) atoms. The van der Waals surface area contributed by atoms with Crippen molar-refractivity contribution < 1.29 is 4.74 Å². The van der Waals surface area contributed by atoms with E-state index < -0.39 is 0 Å². The van der Waals surface area contributed by atoms with Crippen molar-refractivity contribution in [2.24, 2.45) is 0 Å². The number of nitrogens with one attached hydrogen (secondary N) is 1. The molecule has 2 aromatic carbocycles. The molecule has 0 bridgehead atoms. The molecule has 0 fully saturated rings. The predicted molar refractivity (Wildman–Crippen MR) is 90.5 cm³/mol. The van der Waals surface area contributed by atoms with Crippen molar-refractivity contribution in [1.29, 1.82) is 0 Å². The highest BCUT2D eigenvalue weighted by atomic mass is 79.9. The van der Waals surface area contributed by atoms with Crippen LogP contribution in [0.15, 0.2) is 46.9 Å². The third-order valence-corrected chi connectivity index (χ3v) is 3.44. The van der Waals surface area contributed by atoms with Gasteiger partial charge in [0, 0.05) is 22.1 Å². The molecular formula is C18H18BrNO. The number of rotatable bonds is 4. The molecule has 0 atom stereocenters. The molecule has 0 aliphatic carbocycles. The van der Waals surface area contributed by atoms with E-state index in [4.69, 9.17) is 4.74 Å². The molecule has 0 aromatic heterocycles. The van der Waals surface area contributed by atoms with Crippen LogP contribution >= 0.6 is 15.9 Å². The molecule has 0 amide bonds. The Kier molecular flexibility index (Phi) is 5.86. The molecule has 1 N–H and O–H groups in total. The number of ether oxygens (including phenoxy) is 1. The number of aryl methyl sites for hydroxylation is 1. The van der Waals surface area contributed by atoms with E-state index in [9.17, 15) is 0 Å². The van der Waals surface area contributed by atoms with Crippen LogP contribution in [0.5, 0.6) is 5.75 Å². The normalized spacial score (nSPS) is 9.86. The molecule has 0 saturated carbocycles. The zero-order valence-corrected chi connectivity index (χ0v) is 13.8. The van der Waals surface area contributed by atoms with Gasteiger partial charge in [-0.25, -0.2) is 0 Å². The Balaban J connectivity index is 2.08. The lowest BCUT2D eigenvalue weighted by molar-refractivity contribution is 0.362. The van der Waals surface area contributed by atoms with Gasteiger partial charge in [0.25, 0.3) is 0 Å². The Morgan fingerprint density at radius 2 is 1.95 bits per heavy atom. The lowest BCUT2D eigenvalue weighted by Crippen LogP contribution is -2.09. The monoisotopic (exact) mass is 343 g/mol. The van der Waals surface area contributed by atoms with Gasteiger partial charge < -0.3 is 10.1 Å². The Morgan fingerprint density at radius 1 is 1.19 bits per heavy atom. The molecule has 0 saturated heterocycles. The maximum Gasteiger partial charge on any atom is 0.149 e. The molecule has 0 aliphatic rings. The first-order chi connectivity index (χ1) is 10.2. The smallest absolute Gasteiger partial charge is 0.149 e. The van der Waals surface area contributed by atoms with E-state index in [0.29, 0.717) is 6.61 Å². The van der Waals surface area contributed by atoms with E-state index in [2.05, 4.69) is 45.2 Å². The van der Waals surface area contributed by atoms with Crippen molar-refractivity contribution >= 4 is 15.9 Å². The fraction of sp³-hybridized carbons (Fsp3) is 0.222. The quantitative estimate of drug-likeness (QED) is 0.850. The molecule has 0 unspecified atom stereocenters. The van der Waals surface area contributed by atoms with Crippen LogP contribution in [0.25, 0.3) is 0 Å². The van der Waals surface area contributed by atoms with Gasteiger partial charge in [0.15, 0.2) is 0 Å². The number of halogens is 1. The highest BCUT2D eigenvalue weighted by Crippen LogP contribution is 2.28. The summed E-state index contributed by atoms with van der Waals surface area (Å²) in [5, 5.41) is 3.16. The van der Waals surface area contributed by atoms with Crippen LogP contribution in [-0.4, -0.2) is 13.7 Å². The molecule has 2 nitrogen and oxygen atoms in total. The minimum absolute atomic E-state index is 0.383. The molecule has 108 valence electrons. The Hall–Kier alpha value is -1.76. The van der Waals surface area contributed by atoms with Crippen molar-refractivity contribution in [3.8, 4) is 17.6 Å². The third kappa shape index (κ3) is 4.63. The highest BCUT2D eigenvalue weighted by molar-refractivity contribution is 9.10. The lowest BCUT2D eigenvalue weighted by atomic mass is 10.1. The first-order valence-electron chi connectivity index (χ1n) is 6.81. The topological polar surface area (TPSA) is 21.3 Å². The summed E-state index contributed by atoms with van der Waals surface area (Å²) in [5.74, 6) is 7.07. The van der Waals surface area contributed by atoms with Gasteiger partial charge in [-0.05, 0) is 43.8 Å². The second-order valence-electron chi connectivity index (χ2n) is 4.70.